The Balaban J connectivity index is 1.59. The van der Waals surface area contributed by atoms with Gasteiger partial charge in [-0.2, -0.15) is 0 Å². The maximum Gasteiger partial charge on any atom is 0.367 e. The largest absolute Gasteiger partial charge is 0.476 e. The smallest absolute Gasteiger partial charge is 0.367 e. The molecule has 7 heteroatoms. The monoisotopic (exact) mass is 281 g/mol. The van der Waals surface area contributed by atoms with Gasteiger partial charge in [-0.05, 0) is 25.7 Å². The van der Waals surface area contributed by atoms with Gasteiger partial charge in [0.1, 0.15) is 5.01 Å². The summed E-state index contributed by atoms with van der Waals surface area (Å²) in [5, 5.41) is 17.3. The topological polar surface area (TPSA) is 83.4 Å². The molecule has 1 amide bonds. The van der Waals surface area contributed by atoms with Crippen molar-refractivity contribution in [1.82, 2.24) is 15.1 Å². The molecular weight excluding hydrogens is 266 g/mol. The van der Waals surface area contributed by atoms with Crippen LogP contribution in [0.2, 0.25) is 0 Å². The van der Waals surface area contributed by atoms with E-state index in [1.165, 1.54) is 0 Å². The minimum absolute atomic E-state index is 0.0477. The molecule has 1 aromatic heterocycles. The molecule has 1 saturated carbocycles. The van der Waals surface area contributed by atoms with E-state index in [0.717, 1.165) is 55.1 Å². The summed E-state index contributed by atoms with van der Waals surface area (Å²) < 4.78 is 0. The molecule has 3 rings (SSSR count). The molecule has 1 N–H and O–H groups in total. The third kappa shape index (κ3) is 2.60. The molecule has 2 fully saturated rings. The molecule has 2 aliphatic rings. The predicted molar refractivity (Wildman–Crippen MR) is 68.1 cm³/mol. The van der Waals surface area contributed by atoms with Crippen LogP contribution in [0.15, 0.2) is 0 Å². The van der Waals surface area contributed by atoms with Crippen molar-refractivity contribution in [3.63, 3.8) is 0 Å². The zero-order valence-corrected chi connectivity index (χ0v) is 11.2. The first-order valence-corrected chi connectivity index (χ1v) is 7.32. The summed E-state index contributed by atoms with van der Waals surface area (Å²) in [6, 6.07) is 0. The Bertz CT molecular complexity index is 504. The fourth-order valence-electron chi connectivity index (χ4n) is 2.42. The molecule has 0 spiro atoms. The molecule has 0 radical (unpaired) electrons. The van der Waals surface area contributed by atoms with Crippen LogP contribution in [0.5, 0.6) is 0 Å². The molecule has 0 aromatic carbocycles. The number of aromatic nitrogens is 2. The summed E-state index contributed by atoms with van der Waals surface area (Å²) in [5.41, 5.74) is 0. The van der Waals surface area contributed by atoms with E-state index in [2.05, 4.69) is 10.2 Å². The van der Waals surface area contributed by atoms with Gasteiger partial charge in [0.2, 0.25) is 10.9 Å². The van der Waals surface area contributed by atoms with Gasteiger partial charge in [0.25, 0.3) is 0 Å². The maximum atomic E-state index is 11.9. The van der Waals surface area contributed by atoms with E-state index in [9.17, 15) is 9.59 Å². The summed E-state index contributed by atoms with van der Waals surface area (Å²) >= 11 is 1.15. The average molecular weight is 281 g/mol. The van der Waals surface area contributed by atoms with Gasteiger partial charge < -0.3 is 10.0 Å². The average Bonchev–Trinajstić information content (AvgIpc) is 3.14. The normalized spacial score (nSPS) is 20.5. The van der Waals surface area contributed by atoms with E-state index in [4.69, 9.17) is 5.11 Å². The van der Waals surface area contributed by atoms with Crippen molar-refractivity contribution in [2.24, 2.45) is 5.92 Å². The zero-order valence-electron chi connectivity index (χ0n) is 10.4. The van der Waals surface area contributed by atoms with Gasteiger partial charge in [-0.1, -0.05) is 11.3 Å². The van der Waals surface area contributed by atoms with Crippen molar-refractivity contribution < 1.29 is 14.7 Å². The molecule has 1 saturated heterocycles. The van der Waals surface area contributed by atoms with Gasteiger partial charge in [0, 0.05) is 24.9 Å². The number of hydrogen-bond acceptors (Lipinski definition) is 5. The standard InChI is InChI=1S/C12H15N3O3S/c16-11(8-1-2-8)15-5-3-7(4-6-15)9-13-14-10(19-9)12(17)18/h7-8H,1-6H2,(H,17,18). The fourth-order valence-corrected chi connectivity index (χ4v) is 3.27. The number of nitrogens with zero attached hydrogens (tertiary/aromatic N) is 3. The Morgan fingerprint density at radius 3 is 2.37 bits per heavy atom. The van der Waals surface area contributed by atoms with Crippen LogP contribution in [0, 0.1) is 5.92 Å². The van der Waals surface area contributed by atoms with Crippen molar-refractivity contribution in [3.8, 4) is 0 Å². The number of carbonyl (C=O) groups is 2. The molecule has 1 aliphatic heterocycles. The molecule has 0 atom stereocenters. The van der Waals surface area contributed by atoms with Crippen molar-refractivity contribution >= 4 is 23.2 Å². The molecule has 19 heavy (non-hydrogen) atoms. The Hall–Kier alpha value is -1.50. The second-order valence-corrected chi connectivity index (χ2v) is 6.13. The summed E-state index contributed by atoms with van der Waals surface area (Å²) in [6.45, 7) is 1.50. The minimum Gasteiger partial charge on any atom is -0.476 e. The molecule has 102 valence electrons. The second-order valence-electron chi connectivity index (χ2n) is 5.12. The van der Waals surface area contributed by atoms with Crippen molar-refractivity contribution in [2.75, 3.05) is 13.1 Å². The van der Waals surface area contributed by atoms with E-state index in [-0.39, 0.29) is 16.8 Å². The Labute approximate surface area is 114 Å². The van der Waals surface area contributed by atoms with E-state index in [1.54, 1.807) is 0 Å². The number of likely N-dealkylation sites (tertiary alicyclic amines) is 1. The van der Waals surface area contributed by atoms with Gasteiger partial charge >= 0.3 is 5.97 Å². The van der Waals surface area contributed by atoms with Gasteiger partial charge in [-0.15, -0.1) is 10.2 Å². The summed E-state index contributed by atoms with van der Waals surface area (Å²) in [5.74, 6) is -0.211. The van der Waals surface area contributed by atoms with E-state index < -0.39 is 5.97 Å². The number of carboxylic acids is 1. The maximum absolute atomic E-state index is 11.9. The Kier molecular flexibility index (Phi) is 3.22. The molecule has 2 heterocycles. The van der Waals surface area contributed by atoms with E-state index in [1.807, 2.05) is 4.90 Å². The van der Waals surface area contributed by atoms with Crippen LogP contribution in [0.3, 0.4) is 0 Å². The van der Waals surface area contributed by atoms with Crippen LogP contribution < -0.4 is 0 Å². The van der Waals surface area contributed by atoms with Crippen LogP contribution in [0.1, 0.15) is 46.4 Å². The lowest BCUT2D eigenvalue weighted by Gasteiger charge is -2.31. The highest BCUT2D eigenvalue weighted by Gasteiger charge is 2.35. The molecule has 6 nitrogen and oxygen atoms in total. The van der Waals surface area contributed by atoms with E-state index >= 15 is 0 Å². The number of amides is 1. The Morgan fingerprint density at radius 2 is 1.84 bits per heavy atom. The summed E-state index contributed by atoms with van der Waals surface area (Å²) in [6.07, 6.45) is 3.79. The third-order valence-electron chi connectivity index (χ3n) is 3.71. The van der Waals surface area contributed by atoms with Crippen LogP contribution in [0.4, 0.5) is 0 Å². The van der Waals surface area contributed by atoms with Crippen LogP contribution in [0.25, 0.3) is 0 Å². The Morgan fingerprint density at radius 1 is 1.16 bits per heavy atom. The third-order valence-corrected chi connectivity index (χ3v) is 4.78. The molecular formula is C12H15N3O3S. The molecule has 0 unspecified atom stereocenters. The second kappa shape index (κ2) is 4.88. The quantitative estimate of drug-likeness (QED) is 0.904. The zero-order chi connectivity index (χ0) is 13.4. The first-order chi connectivity index (χ1) is 9.15. The number of aromatic carboxylic acids is 1. The fraction of sp³-hybridized carbons (Fsp3) is 0.667. The molecule has 1 aliphatic carbocycles. The first-order valence-electron chi connectivity index (χ1n) is 6.50. The number of piperidine rings is 1. The number of carboxylic acid groups (broad SMARTS) is 1. The number of rotatable bonds is 3. The summed E-state index contributed by atoms with van der Waals surface area (Å²) in [4.78, 5) is 24.6. The molecule has 1 aromatic rings. The lowest BCUT2D eigenvalue weighted by Crippen LogP contribution is -2.38. The lowest BCUT2D eigenvalue weighted by molar-refractivity contribution is -0.133. The lowest BCUT2D eigenvalue weighted by atomic mass is 9.97. The highest BCUT2D eigenvalue weighted by molar-refractivity contribution is 7.13. The number of carbonyl (C=O) groups excluding carboxylic acids is 1. The van der Waals surface area contributed by atoms with Crippen LogP contribution in [-0.4, -0.2) is 45.2 Å². The summed E-state index contributed by atoms with van der Waals surface area (Å²) in [7, 11) is 0. The van der Waals surface area contributed by atoms with Crippen molar-refractivity contribution in [3.05, 3.63) is 10.0 Å². The molecule has 0 bridgehead atoms. The van der Waals surface area contributed by atoms with Gasteiger partial charge in [0.05, 0.1) is 0 Å². The first kappa shape index (κ1) is 12.5. The van der Waals surface area contributed by atoms with Crippen LogP contribution >= 0.6 is 11.3 Å². The van der Waals surface area contributed by atoms with Gasteiger partial charge in [0.15, 0.2) is 0 Å². The number of hydrogen-bond donors (Lipinski definition) is 1. The highest BCUT2D eigenvalue weighted by Crippen LogP contribution is 2.35. The van der Waals surface area contributed by atoms with Gasteiger partial charge in [-0.3, -0.25) is 4.79 Å². The van der Waals surface area contributed by atoms with Crippen molar-refractivity contribution in [2.45, 2.75) is 31.6 Å². The minimum atomic E-state index is -1.02. The highest BCUT2D eigenvalue weighted by atomic mass is 32.1. The van der Waals surface area contributed by atoms with Gasteiger partial charge in [-0.25, -0.2) is 4.79 Å². The van der Waals surface area contributed by atoms with Crippen molar-refractivity contribution in [1.29, 1.82) is 0 Å². The predicted octanol–water partition coefficient (Wildman–Crippen LogP) is 1.35. The van der Waals surface area contributed by atoms with Crippen LogP contribution in [-0.2, 0) is 4.79 Å². The van der Waals surface area contributed by atoms with E-state index in [0.29, 0.717) is 5.91 Å². The SMILES string of the molecule is O=C(O)c1nnc(C2CCN(C(=O)C3CC3)CC2)s1.